The number of nitrogens with one attached hydrogen (secondary N) is 1. The Kier molecular flexibility index (Phi) is 3.94. The second kappa shape index (κ2) is 4.95. The summed E-state index contributed by atoms with van der Waals surface area (Å²) in [5.74, 6) is 0.716. The van der Waals surface area contributed by atoms with Crippen molar-refractivity contribution < 1.29 is 0 Å². The van der Waals surface area contributed by atoms with Crippen LogP contribution in [-0.4, -0.2) is 6.54 Å². The lowest BCUT2D eigenvalue weighted by molar-refractivity contribution is 0.457. The summed E-state index contributed by atoms with van der Waals surface area (Å²) in [6.07, 6.45) is 0. The Labute approximate surface area is 126 Å². The maximum Gasteiger partial charge on any atom is 0.0468 e. The summed E-state index contributed by atoms with van der Waals surface area (Å²) in [5, 5.41) is 5.03. The molecule has 1 aliphatic carbocycles. The highest BCUT2D eigenvalue weighted by atomic mass is 35.5. The van der Waals surface area contributed by atoms with Crippen LogP contribution in [0.2, 0.25) is 10.0 Å². The highest BCUT2D eigenvalue weighted by molar-refractivity contribution is 6.35. The summed E-state index contributed by atoms with van der Waals surface area (Å²) >= 11 is 12.2. The maximum absolute atomic E-state index is 6.24. The standard InChI is InChI=1S/C16H23Cl2N/c1-10(12-7-6-11(17)8-13(12)18)19-9-14-15(2,3)16(14,4)5/h6-8,10,14,19H,9H2,1-5H3. The molecule has 3 heteroatoms. The van der Waals surface area contributed by atoms with Gasteiger partial charge >= 0.3 is 0 Å². The second-order valence-electron chi connectivity index (χ2n) is 6.79. The monoisotopic (exact) mass is 299 g/mol. The van der Waals surface area contributed by atoms with Crippen LogP contribution in [0.15, 0.2) is 18.2 Å². The van der Waals surface area contributed by atoms with Gasteiger partial charge in [-0.25, -0.2) is 0 Å². The fourth-order valence-corrected chi connectivity index (χ4v) is 3.67. The molecule has 0 bridgehead atoms. The Morgan fingerprint density at radius 2 is 1.74 bits per heavy atom. The molecule has 1 saturated carbocycles. The average Bonchev–Trinajstić information content (AvgIpc) is 2.66. The van der Waals surface area contributed by atoms with Gasteiger partial charge in [0.1, 0.15) is 0 Å². The molecule has 0 aromatic heterocycles. The first-order valence-corrected chi connectivity index (χ1v) is 7.62. The Balaban J connectivity index is 1.98. The molecule has 1 aliphatic rings. The van der Waals surface area contributed by atoms with E-state index in [1.165, 1.54) is 0 Å². The number of halogens is 2. The predicted molar refractivity (Wildman–Crippen MR) is 83.9 cm³/mol. The van der Waals surface area contributed by atoms with Crippen molar-refractivity contribution in [2.75, 3.05) is 6.54 Å². The van der Waals surface area contributed by atoms with Crippen LogP contribution < -0.4 is 5.32 Å². The normalized spacial score (nSPS) is 22.3. The molecule has 1 nitrogen and oxygen atoms in total. The van der Waals surface area contributed by atoms with Crippen molar-refractivity contribution in [1.29, 1.82) is 0 Å². The van der Waals surface area contributed by atoms with E-state index in [4.69, 9.17) is 23.2 Å². The van der Waals surface area contributed by atoms with Crippen molar-refractivity contribution in [3.05, 3.63) is 33.8 Å². The van der Waals surface area contributed by atoms with E-state index >= 15 is 0 Å². The van der Waals surface area contributed by atoms with Crippen molar-refractivity contribution in [2.24, 2.45) is 16.7 Å². The number of benzene rings is 1. The first kappa shape index (κ1) is 15.2. The van der Waals surface area contributed by atoms with Crippen LogP contribution in [0.1, 0.15) is 46.2 Å². The minimum Gasteiger partial charge on any atom is -0.310 e. The van der Waals surface area contributed by atoms with Crippen LogP contribution in [0, 0.1) is 16.7 Å². The van der Waals surface area contributed by atoms with E-state index in [0.717, 1.165) is 17.1 Å². The van der Waals surface area contributed by atoms with Gasteiger partial charge in [0.2, 0.25) is 0 Å². The maximum atomic E-state index is 6.24. The van der Waals surface area contributed by atoms with Gasteiger partial charge in [-0.3, -0.25) is 0 Å². The SMILES string of the molecule is CC(NCC1C(C)(C)C1(C)C)c1ccc(Cl)cc1Cl. The summed E-state index contributed by atoms with van der Waals surface area (Å²) in [5.41, 5.74) is 1.95. The van der Waals surface area contributed by atoms with Crippen molar-refractivity contribution >= 4 is 23.2 Å². The van der Waals surface area contributed by atoms with Gasteiger partial charge in [-0.1, -0.05) is 57.0 Å². The zero-order chi connectivity index (χ0) is 14.4. The highest BCUT2D eigenvalue weighted by Gasteiger charge is 2.63. The van der Waals surface area contributed by atoms with Gasteiger partial charge in [0.15, 0.2) is 0 Å². The van der Waals surface area contributed by atoms with E-state index in [9.17, 15) is 0 Å². The van der Waals surface area contributed by atoms with E-state index in [-0.39, 0.29) is 6.04 Å². The third kappa shape index (κ3) is 2.66. The van der Waals surface area contributed by atoms with Crippen molar-refractivity contribution in [3.8, 4) is 0 Å². The molecule has 1 atom stereocenters. The number of rotatable bonds is 4. The van der Waals surface area contributed by atoms with Gasteiger partial charge in [0.25, 0.3) is 0 Å². The predicted octanol–water partition coefficient (Wildman–Crippen LogP) is 5.33. The molecule has 1 fully saturated rings. The lowest BCUT2D eigenvalue weighted by atomic mass is 10.0. The van der Waals surface area contributed by atoms with Crippen LogP contribution in [0.5, 0.6) is 0 Å². The fourth-order valence-electron chi connectivity index (χ4n) is 3.10. The molecule has 2 rings (SSSR count). The van der Waals surface area contributed by atoms with Crippen molar-refractivity contribution in [3.63, 3.8) is 0 Å². The Morgan fingerprint density at radius 3 is 2.21 bits per heavy atom. The van der Waals surface area contributed by atoms with Crippen LogP contribution >= 0.6 is 23.2 Å². The molecule has 1 aromatic rings. The molecule has 1 aromatic carbocycles. The molecule has 1 N–H and O–H groups in total. The Hall–Kier alpha value is -0.240. The number of hydrogen-bond acceptors (Lipinski definition) is 1. The fraction of sp³-hybridized carbons (Fsp3) is 0.625. The van der Waals surface area contributed by atoms with E-state index in [2.05, 4.69) is 39.9 Å². The molecule has 0 heterocycles. The summed E-state index contributed by atoms with van der Waals surface area (Å²) < 4.78 is 0. The van der Waals surface area contributed by atoms with Gasteiger partial charge in [-0.05, 0) is 47.9 Å². The third-order valence-corrected chi connectivity index (χ3v) is 5.94. The van der Waals surface area contributed by atoms with E-state index in [1.54, 1.807) is 0 Å². The molecule has 19 heavy (non-hydrogen) atoms. The van der Waals surface area contributed by atoms with E-state index in [1.807, 2.05) is 18.2 Å². The molecule has 1 unspecified atom stereocenters. The van der Waals surface area contributed by atoms with Gasteiger partial charge in [-0.15, -0.1) is 0 Å². The zero-order valence-electron chi connectivity index (χ0n) is 12.3. The summed E-state index contributed by atoms with van der Waals surface area (Å²) in [7, 11) is 0. The first-order chi connectivity index (χ1) is 8.68. The molecular formula is C16H23Cl2N. The topological polar surface area (TPSA) is 12.0 Å². The summed E-state index contributed by atoms with van der Waals surface area (Å²) in [6.45, 7) is 12.6. The molecule has 0 amide bonds. The van der Waals surface area contributed by atoms with Gasteiger partial charge in [0, 0.05) is 16.1 Å². The van der Waals surface area contributed by atoms with Crippen LogP contribution in [-0.2, 0) is 0 Å². The molecule has 0 spiro atoms. The largest absolute Gasteiger partial charge is 0.310 e. The van der Waals surface area contributed by atoms with Crippen LogP contribution in [0.25, 0.3) is 0 Å². The molecule has 106 valence electrons. The average molecular weight is 300 g/mol. The minimum atomic E-state index is 0.247. The van der Waals surface area contributed by atoms with Crippen LogP contribution in [0.3, 0.4) is 0 Å². The van der Waals surface area contributed by atoms with E-state index < -0.39 is 0 Å². The van der Waals surface area contributed by atoms with Gasteiger partial charge in [0.05, 0.1) is 0 Å². The second-order valence-corrected chi connectivity index (χ2v) is 7.64. The first-order valence-electron chi connectivity index (χ1n) is 6.86. The smallest absolute Gasteiger partial charge is 0.0468 e. The lowest BCUT2D eigenvalue weighted by Gasteiger charge is -2.16. The Morgan fingerprint density at radius 1 is 1.16 bits per heavy atom. The summed E-state index contributed by atoms with van der Waals surface area (Å²) in [6, 6.07) is 5.95. The lowest BCUT2D eigenvalue weighted by Crippen LogP contribution is -2.23. The number of hydrogen-bond donors (Lipinski definition) is 1. The quantitative estimate of drug-likeness (QED) is 0.793. The summed E-state index contributed by atoms with van der Waals surface area (Å²) in [4.78, 5) is 0. The van der Waals surface area contributed by atoms with Crippen molar-refractivity contribution in [2.45, 2.75) is 40.7 Å². The van der Waals surface area contributed by atoms with Gasteiger partial charge < -0.3 is 5.32 Å². The zero-order valence-corrected chi connectivity index (χ0v) is 13.9. The van der Waals surface area contributed by atoms with Crippen LogP contribution in [0.4, 0.5) is 0 Å². The third-order valence-electron chi connectivity index (χ3n) is 5.38. The van der Waals surface area contributed by atoms with Crippen molar-refractivity contribution in [1.82, 2.24) is 5.32 Å². The minimum absolute atomic E-state index is 0.247. The van der Waals surface area contributed by atoms with E-state index in [0.29, 0.717) is 21.8 Å². The highest BCUT2D eigenvalue weighted by Crippen LogP contribution is 2.68. The molecule has 0 aliphatic heterocycles. The Bertz CT molecular complexity index is 466. The molecule has 0 radical (unpaired) electrons. The molecule has 0 saturated heterocycles. The molecular weight excluding hydrogens is 277 g/mol. The van der Waals surface area contributed by atoms with Gasteiger partial charge in [-0.2, -0.15) is 0 Å².